The maximum atomic E-state index is 13.1. The highest BCUT2D eigenvalue weighted by molar-refractivity contribution is 7.89. The van der Waals surface area contributed by atoms with Crippen molar-refractivity contribution >= 4 is 62.1 Å². The second-order valence-corrected chi connectivity index (χ2v) is 11.5. The third-order valence-electron chi connectivity index (χ3n) is 5.37. The molecular weight excluding hydrogens is 517 g/mol. The minimum atomic E-state index is -4.65. The Morgan fingerprint density at radius 3 is 2.65 bits per heavy atom. The van der Waals surface area contributed by atoms with Gasteiger partial charge in [0.1, 0.15) is 26.4 Å². The predicted molar refractivity (Wildman–Crippen MR) is 120 cm³/mol. The second kappa shape index (κ2) is 8.67. The molecule has 0 spiro atoms. The van der Waals surface area contributed by atoms with Crippen LogP contribution in [0.15, 0.2) is 27.5 Å². The average molecular weight is 535 g/mol. The van der Waals surface area contributed by atoms with Crippen LogP contribution in [0.2, 0.25) is 4.34 Å². The van der Waals surface area contributed by atoms with Gasteiger partial charge in [-0.2, -0.15) is 17.9 Å². The number of furan rings is 1. The Bertz CT molecular complexity index is 1510. The minimum absolute atomic E-state index is 0.170. The predicted octanol–water partition coefficient (Wildman–Crippen LogP) is 3.70. The number of nitrogens with zero attached hydrogens (tertiary/aromatic N) is 1. The van der Waals surface area contributed by atoms with Gasteiger partial charge in [-0.3, -0.25) is 4.79 Å². The number of aliphatic carboxylic acids is 1. The number of rotatable bonds is 6. The smallest absolute Gasteiger partial charge is 0.435 e. The van der Waals surface area contributed by atoms with Crippen LogP contribution in [0.4, 0.5) is 13.2 Å². The molecular formula is C21H18ClF3N2O5S2. The van der Waals surface area contributed by atoms with Gasteiger partial charge in [-0.25, -0.2) is 13.4 Å². The van der Waals surface area contributed by atoms with Crippen LogP contribution >= 0.6 is 22.9 Å². The Labute approximate surface area is 200 Å². The third-order valence-corrected chi connectivity index (χ3v) is 8.19. The molecule has 0 amide bonds. The normalized spacial score (nSPS) is 17.3. The zero-order valence-electron chi connectivity index (χ0n) is 17.7. The summed E-state index contributed by atoms with van der Waals surface area (Å²) in [5, 5.41) is 10.7. The Hall–Kier alpha value is -2.41. The fourth-order valence-electron chi connectivity index (χ4n) is 3.64. The van der Waals surface area contributed by atoms with Crippen LogP contribution in [0.1, 0.15) is 36.9 Å². The largest absolute Gasteiger partial charge is 0.480 e. The molecule has 3 aromatic rings. The fraction of sp³-hybridized carbons (Fsp3) is 0.333. The van der Waals surface area contributed by atoms with E-state index in [2.05, 4.69) is 9.71 Å². The summed E-state index contributed by atoms with van der Waals surface area (Å²) in [6, 6.07) is 2.81. The van der Waals surface area contributed by atoms with Crippen molar-refractivity contribution in [1.82, 2.24) is 9.71 Å². The van der Waals surface area contributed by atoms with Crippen molar-refractivity contribution in [2.45, 2.75) is 43.3 Å². The summed E-state index contributed by atoms with van der Waals surface area (Å²) in [7, 11) is -4.15. The average Bonchev–Trinajstić information content (AvgIpc) is 3.31. The molecule has 182 valence electrons. The minimum Gasteiger partial charge on any atom is -0.480 e. The maximum absolute atomic E-state index is 13.1. The molecule has 1 aliphatic carbocycles. The molecule has 1 aliphatic rings. The molecule has 4 rings (SSSR count). The number of thiazole rings is 1. The van der Waals surface area contributed by atoms with Gasteiger partial charge in [0.05, 0.1) is 4.90 Å². The number of aromatic nitrogens is 1. The number of fused-ring (bicyclic) bond motifs is 3. The Kier molecular flexibility index (Phi) is 6.30. The zero-order valence-corrected chi connectivity index (χ0v) is 20.1. The number of carbonyl (C=O) groups is 1. The summed E-state index contributed by atoms with van der Waals surface area (Å²) in [5.41, 5.74) is -0.419. The highest BCUT2D eigenvalue weighted by Crippen LogP contribution is 2.40. The van der Waals surface area contributed by atoms with E-state index < -0.39 is 50.1 Å². The molecule has 13 heteroatoms. The molecule has 7 nitrogen and oxygen atoms in total. The van der Waals surface area contributed by atoms with E-state index in [0.717, 1.165) is 11.3 Å². The quantitative estimate of drug-likeness (QED) is 0.499. The van der Waals surface area contributed by atoms with Crippen LogP contribution in [0.5, 0.6) is 0 Å². The molecule has 2 heterocycles. The van der Waals surface area contributed by atoms with Gasteiger partial charge in [0.2, 0.25) is 10.0 Å². The van der Waals surface area contributed by atoms with E-state index in [1.165, 1.54) is 18.2 Å². The van der Waals surface area contributed by atoms with E-state index in [4.69, 9.17) is 16.0 Å². The number of carboxylic acid groups (broad SMARTS) is 1. The SMILES string of the molecule is CC(C)[C@H](NS(=O)(=O)c1ccc2c3c(oc2c1)=CCC(c1nc(C(F)(F)F)c(Cl)s1)C=3)C(=O)O. The maximum Gasteiger partial charge on any atom is 0.435 e. The fourth-order valence-corrected chi connectivity index (χ4v) is 6.27. The highest BCUT2D eigenvalue weighted by Gasteiger charge is 2.38. The molecule has 0 fully saturated rings. The number of benzene rings is 1. The Morgan fingerprint density at radius 2 is 2.06 bits per heavy atom. The molecule has 34 heavy (non-hydrogen) atoms. The topological polar surface area (TPSA) is 110 Å². The lowest BCUT2D eigenvalue weighted by Crippen LogP contribution is -2.44. The van der Waals surface area contributed by atoms with Crippen molar-refractivity contribution in [3.63, 3.8) is 0 Å². The first-order chi connectivity index (χ1) is 15.8. The first-order valence-corrected chi connectivity index (χ1v) is 12.7. The highest BCUT2D eigenvalue weighted by atomic mass is 35.5. The first kappa shape index (κ1) is 24.7. The number of hydrogen-bond acceptors (Lipinski definition) is 6. The molecule has 0 saturated heterocycles. The van der Waals surface area contributed by atoms with Gasteiger partial charge in [0.15, 0.2) is 5.69 Å². The van der Waals surface area contributed by atoms with Crippen molar-refractivity contribution in [2.75, 3.05) is 0 Å². The van der Waals surface area contributed by atoms with Crippen LogP contribution in [0.3, 0.4) is 0 Å². The van der Waals surface area contributed by atoms with Gasteiger partial charge in [-0.15, -0.1) is 11.3 Å². The summed E-state index contributed by atoms with van der Waals surface area (Å²) in [4.78, 5) is 14.9. The molecule has 2 N–H and O–H groups in total. The summed E-state index contributed by atoms with van der Waals surface area (Å²) >= 11 is 6.52. The number of hydrogen-bond donors (Lipinski definition) is 2. The van der Waals surface area contributed by atoms with E-state index in [1.807, 2.05) is 0 Å². The lowest BCUT2D eigenvalue weighted by molar-refractivity contribution is -0.141. The number of halogens is 4. The van der Waals surface area contributed by atoms with Crippen molar-refractivity contribution in [3.05, 3.63) is 43.9 Å². The number of carboxylic acids is 1. The molecule has 1 aromatic carbocycles. The van der Waals surface area contributed by atoms with Crippen LogP contribution in [-0.2, 0) is 21.0 Å². The summed E-state index contributed by atoms with van der Waals surface area (Å²) in [6.45, 7) is 3.17. The van der Waals surface area contributed by atoms with Gasteiger partial charge in [-0.1, -0.05) is 31.5 Å². The van der Waals surface area contributed by atoms with Crippen molar-refractivity contribution < 1.29 is 35.9 Å². The number of alkyl halides is 3. The zero-order chi connectivity index (χ0) is 25.0. The molecule has 0 radical (unpaired) electrons. The molecule has 2 aromatic heterocycles. The van der Waals surface area contributed by atoms with E-state index in [-0.39, 0.29) is 15.5 Å². The first-order valence-electron chi connectivity index (χ1n) is 10.0. The van der Waals surface area contributed by atoms with Gasteiger partial charge >= 0.3 is 12.1 Å². The lowest BCUT2D eigenvalue weighted by atomic mass is 10.00. The molecule has 1 unspecified atom stereocenters. The van der Waals surface area contributed by atoms with Gasteiger partial charge in [-0.05, 0) is 30.5 Å². The summed E-state index contributed by atoms with van der Waals surface area (Å²) in [6.07, 6.45) is -0.894. The van der Waals surface area contributed by atoms with Crippen LogP contribution in [0.25, 0.3) is 23.1 Å². The van der Waals surface area contributed by atoms with Crippen molar-refractivity contribution in [1.29, 1.82) is 0 Å². The third kappa shape index (κ3) is 4.59. The van der Waals surface area contributed by atoms with Crippen molar-refractivity contribution in [2.24, 2.45) is 5.92 Å². The number of nitrogens with one attached hydrogen (secondary N) is 1. The monoisotopic (exact) mass is 534 g/mol. The van der Waals surface area contributed by atoms with Crippen molar-refractivity contribution in [3.8, 4) is 0 Å². The second-order valence-electron chi connectivity index (χ2n) is 8.10. The Morgan fingerprint density at radius 1 is 1.35 bits per heavy atom. The van der Waals surface area contributed by atoms with Crippen LogP contribution in [0, 0.1) is 5.92 Å². The van der Waals surface area contributed by atoms with Crippen LogP contribution in [-0.4, -0.2) is 30.5 Å². The van der Waals surface area contributed by atoms with Gasteiger partial charge < -0.3 is 9.52 Å². The summed E-state index contributed by atoms with van der Waals surface area (Å²) in [5.74, 6) is -2.23. The van der Waals surface area contributed by atoms with E-state index in [9.17, 15) is 31.5 Å². The molecule has 2 atom stereocenters. The van der Waals surface area contributed by atoms with Crippen LogP contribution < -0.4 is 15.4 Å². The van der Waals surface area contributed by atoms with Gasteiger partial charge in [0, 0.05) is 22.6 Å². The molecule has 0 bridgehead atoms. The molecule has 0 aliphatic heterocycles. The van der Waals surface area contributed by atoms with E-state index in [1.54, 1.807) is 26.0 Å². The summed E-state index contributed by atoms with van der Waals surface area (Å²) < 4.78 is 72.2. The van der Waals surface area contributed by atoms with Gasteiger partial charge in [0.25, 0.3) is 0 Å². The molecule has 0 saturated carbocycles. The standard InChI is InChI=1S/C21H18ClF3N2O5S2/c1-9(2)16(20(28)29)27-34(30,31)11-4-5-12-13-7-10(3-6-14(13)32-15(12)8-11)19-26-17(18(22)33-19)21(23,24)25/h4-10,16,27H,3H2,1-2H3,(H,28,29)/t10?,16-/m0/s1. The van der Waals surface area contributed by atoms with E-state index >= 15 is 0 Å². The lowest BCUT2D eigenvalue weighted by Gasteiger charge is -2.17. The Balaban J connectivity index is 1.72. The van der Waals surface area contributed by atoms with E-state index in [0.29, 0.717) is 22.4 Å². The number of sulfonamides is 1.